The number of rotatable bonds is 5. The molecule has 0 saturated carbocycles. The maximum atomic E-state index is 13.0. The number of hydrogen-bond acceptors (Lipinski definition) is 2. The number of aromatic nitrogens is 2. The zero-order valence-electron chi connectivity index (χ0n) is 15.3. The largest absolute Gasteiger partial charge is 0.336 e. The van der Waals surface area contributed by atoms with Crippen LogP contribution in [0.25, 0.3) is 11.0 Å². The molecule has 0 N–H and O–H groups in total. The molecule has 0 radical (unpaired) electrons. The second-order valence-electron chi connectivity index (χ2n) is 7.04. The molecule has 0 saturated heterocycles. The van der Waals surface area contributed by atoms with Crippen molar-refractivity contribution in [1.82, 2.24) is 14.5 Å². The molecule has 134 valence electrons. The normalized spacial score (nSPS) is 13.8. The van der Waals surface area contributed by atoms with Gasteiger partial charge in [-0.25, -0.2) is 4.98 Å². The van der Waals surface area contributed by atoms with Crippen molar-refractivity contribution in [2.24, 2.45) is 0 Å². The van der Waals surface area contributed by atoms with Crippen LogP contribution < -0.4 is 0 Å². The van der Waals surface area contributed by atoms with E-state index >= 15 is 0 Å². The summed E-state index contributed by atoms with van der Waals surface area (Å²) >= 11 is 0. The molecule has 4 rings (SSSR count). The molecule has 26 heavy (non-hydrogen) atoms. The molecule has 1 aromatic heterocycles. The molecule has 0 fully saturated rings. The van der Waals surface area contributed by atoms with Gasteiger partial charge in [0.2, 0.25) is 5.91 Å². The molecule has 0 spiro atoms. The lowest BCUT2D eigenvalue weighted by Gasteiger charge is -2.29. The molecule has 4 nitrogen and oxygen atoms in total. The summed E-state index contributed by atoms with van der Waals surface area (Å²) < 4.78 is 2.12. The van der Waals surface area contributed by atoms with Gasteiger partial charge in [0.1, 0.15) is 12.4 Å². The van der Waals surface area contributed by atoms with E-state index in [0.29, 0.717) is 13.1 Å². The van der Waals surface area contributed by atoms with Gasteiger partial charge >= 0.3 is 0 Å². The number of carbonyl (C=O) groups excluding carboxylic acids is 1. The van der Waals surface area contributed by atoms with E-state index in [4.69, 9.17) is 4.98 Å². The number of nitrogens with zero attached hydrogens (tertiary/aromatic N) is 3. The molecular weight excluding hydrogens is 322 g/mol. The standard InChI is InChI=1S/C22H25N3O/c1-2-3-12-21-23-19-10-6-7-11-20(19)25(21)16-22(26)24-14-13-17-8-4-5-9-18(17)15-24/h4-11H,2-3,12-16H2,1H3. The number of carbonyl (C=O) groups is 1. The monoisotopic (exact) mass is 347 g/mol. The summed E-state index contributed by atoms with van der Waals surface area (Å²) in [5.41, 5.74) is 4.68. The smallest absolute Gasteiger partial charge is 0.242 e. The first kappa shape index (κ1) is 16.8. The molecule has 0 bridgehead atoms. The van der Waals surface area contributed by atoms with Crippen LogP contribution in [0, 0.1) is 0 Å². The van der Waals surface area contributed by atoms with E-state index in [9.17, 15) is 4.79 Å². The summed E-state index contributed by atoms with van der Waals surface area (Å²) in [6.07, 6.45) is 4.07. The van der Waals surface area contributed by atoms with Gasteiger partial charge in [0.05, 0.1) is 11.0 Å². The lowest BCUT2D eigenvalue weighted by Crippen LogP contribution is -2.38. The molecule has 2 aromatic carbocycles. The van der Waals surface area contributed by atoms with Crippen molar-refractivity contribution in [3.05, 3.63) is 65.5 Å². The molecule has 1 aliphatic heterocycles. The lowest BCUT2D eigenvalue weighted by molar-refractivity contribution is -0.132. The number of aryl methyl sites for hydroxylation is 1. The van der Waals surface area contributed by atoms with Gasteiger partial charge in [0.15, 0.2) is 0 Å². The van der Waals surface area contributed by atoms with E-state index in [0.717, 1.165) is 49.1 Å². The second kappa shape index (κ2) is 7.32. The number of para-hydroxylation sites is 2. The van der Waals surface area contributed by atoms with E-state index in [2.05, 4.69) is 41.8 Å². The highest BCUT2D eigenvalue weighted by Gasteiger charge is 2.22. The molecule has 0 unspecified atom stereocenters. The van der Waals surface area contributed by atoms with Gasteiger partial charge in [0, 0.05) is 19.5 Å². The number of fused-ring (bicyclic) bond motifs is 2. The van der Waals surface area contributed by atoms with E-state index in [1.165, 1.54) is 11.1 Å². The Kier molecular flexibility index (Phi) is 4.74. The number of amides is 1. The fourth-order valence-electron chi connectivity index (χ4n) is 3.77. The summed E-state index contributed by atoms with van der Waals surface area (Å²) in [6, 6.07) is 16.6. The maximum absolute atomic E-state index is 13.0. The molecule has 4 heteroatoms. The van der Waals surface area contributed by atoms with Gasteiger partial charge in [0.25, 0.3) is 0 Å². The number of hydrogen-bond donors (Lipinski definition) is 0. The van der Waals surface area contributed by atoms with Crippen molar-refractivity contribution in [2.45, 2.75) is 45.7 Å². The molecule has 0 aliphatic carbocycles. The molecule has 1 aliphatic rings. The topological polar surface area (TPSA) is 38.1 Å². The van der Waals surface area contributed by atoms with E-state index in [1.807, 2.05) is 23.1 Å². The first-order valence-electron chi connectivity index (χ1n) is 9.55. The average Bonchev–Trinajstić information content (AvgIpc) is 3.03. The van der Waals surface area contributed by atoms with Crippen molar-refractivity contribution in [2.75, 3.05) is 6.54 Å². The Balaban J connectivity index is 1.58. The van der Waals surface area contributed by atoms with Gasteiger partial charge < -0.3 is 9.47 Å². The Labute approximate surface area is 154 Å². The molecule has 0 atom stereocenters. The third-order valence-electron chi connectivity index (χ3n) is 5.26. The van der Waals surface area contributed by atoms with Gasteiger partial charge in [-0.05, 0) is 36.1 Å². The van der Waals surface area contributed by atoms with Crippen LogP contribution in [0.15, 0.2) is 48.5 Å². The van der Waals surface area contributed by atoms with Gasteiger partial charge in [-0.15, -0.1) is 0 Å². The van der Waals surface area contributed by atoms with Crippen LogP contribution in [-0.2, 0) is 30.7 Å². The number of unbranched alkanes of at least 4 members (excludes halogenated alkanes) is 1. The van der Waals surface area contributed by atoms with Crippen LogP contribution in [0.5, 0.6) is 0 Å². The Bertz CT molecular complexity index is 928. The molecule has 3 aromatic rings. The van der Waals surface area contributed by atoms with Crippen LogP contribution in [0.3, 0.4) is 0 Å². The fourth-order valence-corrected chi connectivity index (χ4v) is 3.77. The van der Waals surface area contributed by atoms with Gasteiger partial charge in [-0.3, -0.25) is 4.79 Å². The molecule has 2 heterocycles. The highest BCUT2D eigenvalue weighted by atomic mass is 16.2. The zero-order valence-corrected chi connectivity index (χ0v) is 15.3. The zero-order chi connectivity index (χ0) is 17.9. The van der Waals surface area contributed by atoms with E-state index in [-0.39, 0.29) is 5.91 Å². The average molecular weight is 347 g/mol. The Hall–Kier alpha value is -2.62. The minimum absolute atomic E-state index is 0.181. The maximum Gasteiger partial charge on any atom is 0.242 e. The first-order chi connectivity index (χ1) is 12.8. The predicted molar refractivity (Wildman–Crippen MR) is 104 cm³/mol. The van der Waals surface area contributed by atoms with Crippen LogP contribution in [0.4, 0.5) is 0 Å². The SMILES string of the molecule is CCCCc1nc2ccccc2n1CC(=O)N1CCc2ccccc2C1. The Morgan fingerprint density at radius 2 is 1.85 bits per heavy atom. The van der Waals surface area contributed by atoms with Crippen LogP contribution in [0.1, 0.15) is 36.7 Å². The summed E-state index contributed by atoms with van der Waals surface area (Å²) in [5, 5.41) is 0. The summed E-state index contributed by atoms with van der Waals surface area (Å²) in [7, 11) is 0. The van der Waals surface area contributed by atoms with Gasteiger partial charge in [-0.1, -0.05) is 49.7 Å². The van der Waals surface area contributed by atoms with E-state index < -0.39 is 0 Å². The van der Waals surface area contributed by atoms with Crippen LogP contribution in [0.2, 0.25) is 0 Å². The quantitative estimate of drug-likeness (QED) is 0.700. The Morgan fingerprint density at radius 1 is 1.08 bits per heavy atom. The highest BCUT2D eigenvalue weighted by Crippen LogP contribution is 2.21. The number of benzene rings is 2. The summed E-state index contributed by atoms with van der Waals surface area (Å²) in [5.74, 6) is 1.21. The highest BCUT2D eigenvalue weighted by molar-refractivity contribution is 5.81. The predicted octanol–water partition coefficient (Wildman–Crippen LogP) is 3.96. The van der Waals surface area contributed by atoms with Crippen molar-refractivity contribution >= 4 is 16.9 Å². The number of imidazole rings is 1. The minimum Gasteiger partial charge on any atom is -0.336 e. The first-order valence-corrected chi connectivity index (χ1v) is 9.55. The van der Waals surface area contributed by atoms with Crippen LogP contribution >= 0.6 is 0 Å². The summed E-state index contributed by atoms with van der Waals surface area (Å²) in [4.78, 5) is 19.8. The van der Waals surface area contributed by atoms with Crippen molar-refractivity contribution in [3.63, 3.8) is 0 Å². The second-order valence-corrected chi connectivity index (χ2v) is 7.04. The van der Waals surface area contributed by atoms with Crippen molar-refractivity contribution in [3.8, 4) is 0 Å². The van der Waals surface area contributed by atoms with Crippen molar-refractivity contribution in [1.29, 1.82) is 0 Å². The van der Waals surface area contributed by atoms with Crippen LogP contribution in [-0.4, -0.2) is 26.9 Å². The van der Waals surface area contributed by atoms with Crippen molar-refractivity contribution < 1.29 is 4.79 Å². The lowest BCUT2D eigenvalue weighted by atomic mass is 10.00. The Morgan fingerprint density at radius 3 is 2.69 bits per heavy atom. The summed E-state index contributed by atoms with van der Waals surface area (Å²) in [6.45, 7) is 4.07. The molecule has 1 amide bonds. The third kappa shape index (κ3) is 3.24. The van der Waals surface area contributed by atoms with E-state index in [1.54, 1.807) is 0 Å². The van der Waals surface area contributed by atoms with Gasteiger partial charge in [-0.2, -0.15) is 0 Å². The molecular formula is C22H25N3O. The minimum atomic E-state index is 0.181. The fraction of sp³-hybridized carbons (Fsp3) is 0.364. The third-order valence-corrected chi connectivity index (χ3v) is 5.26.